The topological polar surface area (TPSA) is 26.8 Å². The first kappa shape index (κ1) is 21.5. The maximum absolute atomic E-state index is 14.0. The molecule has 170 valence electrons. The fraction of sp³-hybridized carbons (Fsp3) is 0.500. The largest absolute Gasteiger partial charge is 0.340 e. The number of likely N-dealkylation sites (tertiary alicyclic amines) is 1. The van der Waals surface area contributed by atoms with E-state index in [-0.39, 0.29) is 16.9 Å². The van der Waals surface area contributed by atoms with Gasteiger partial charge in [0.05, 0.1) is 0 Å². The zero-order valence-electron chi connectivity index (χ0n) is 18.5. The van der Waals surface area contributed by atoms with Crippen molar-refractivity contribution < 1.29 is 13.6 Å². The summed E-state index contributed by atoms with van der Waals surface area (Å²) in [5, 5.41) is 0. The van der Waals surface area contributed by atoms with Gasteiger partial charge in [-0.05, 0) is 55.5 Å². The molecule has 1 saturated carbocycles. The van der Waals surface area contributed by atoms with Crippen LogP contribution in [0.3, 0.4) is 0 Å². The van der Waals surface area contributed by atoms with Gasteiger partial charge in [0.2, 0.25) is 5.91 Å². The van der Waals surface area contributed by atoms with Crippen molar-refractivity contribution in [2.45, 2.75) is 32.4 Å². The van der Waals surface area contributed by atoms with Crippen LogP contribution in [0.2, 0.25) is 0 Å². The highest BCUT2D eigenvalue weighted by atomic mass is 19.1. The van der Waals surface area contributed by atoms with Crippen LogP contribution >= 0.6 is 0 Å². The maximum atomic E-state index is 14.0. The highest BCUT2D eigenvalue weighted by Gasteiger charge is 2.59. The fourth-order valence-electron chi connectivity index (χ4n) is 5.50. The second-order valence-electron chi connectivity index (χ2n) is 9.68. The Kier molecular flexibility index (Phi) is 5.99. The van der Waals surface area contributed by atoms with Crippen LogP contribution in [0.4, 0.5) is 8.78 Å². The molecule has 1 aliphatic carbocycles. The van der Waals surface area contributed by atoms with Crippen LogP contribution in [0.5, 0.6) is 0 Å². The summed E-state index contributed by atoms with van der Waals surface area (Å²) in [6, 6.07) is 14.5. The minimum absolute atomic E-state index is 0.114. The number of hydrogen-bond donors (Lipinski definition) is 0. The van der Waals surface area contributed by atoms with Crippen molar-refractivity contribution in [1.82, 2.24) is 14.7 Å². The number of carbonyl (C=O) groups excluding carboxylic acids is 1. The van der Waals surface area contributed by atoms with Gasteiger partial charge in [-0.15, -0.1) is 0 Å². The second kappa shape index (κ2) is 8.91. The Bertz CT molecular complexity index is 931. The van der Waals surface area contributed by atoms with E-state index >= 15 is 0 Å². The van der Waals surface area contributed by atoms with Crippen LogP contribution < -0.4 is 0 Å². The predicted molar refractivity (Wildman–Crippen MR) is 120 cm³/mol. The van der Waals surface area contributed by atoms with Crippen LogP contribution in [0.1, 0.15) is 30.4 Å². The molecule has 1 spiro atoms. The summed E-state index contributed by atoms with van der Waals surface area (Å²) in [4.78, 5) is 19.8. The van der Waals surface area contributed by atoms with Crippen LogP contribution in [0.15, 0.2) is 48.5 Å². The number of nitrogens with zero attached hydrogens (tertiary/aromatic N) is 3. The van der Waals surface area contributed by atoms with Crippen molar-refractivity contribution in [3.8, 4) is 0 Å². The average molecular weight is 440 g/mol. The van der Waals surface area contributed by atoms with E-state index in [0.29, 0.717) is 12.5 Å². The van der Waals surface area contributed by atoms with Gasteiger partial charge in [-0.25, -0.2) is 8.78 Å². The molecule has 6 heteroatoms. The third kappa shape index (κ3) is 4.44. The number of amides is 1. The first-order valence-corrected chi connectivity index (χ1v) is 11.7. The van der Waals surface area contributed by atoms with E-state index < -0.39 is 11.6 Å². The van der Waals surface area contributed by atoms with E-state index in [1.807, 2.05) is 6.07 Å². The Balaban J connectivity index is 1.09. The van der Waals surface area contributed by atoms with E-state index in [2.05, 4.69) is 39.0 Å². The molecule has 32 heavy (non-hydrogen) atoms. The normalized spacial score (nSPS) is 23.4. The predicted octanol–water partition coefficient (Wildman–Crippen LogP) is 3.91. The number of carbonyl (C=O) groups is 1. The van der Waals surface area contributed by atoms with Crippen molar-refractivity contribution in [3.63, 3.8) is 0 Å². The molecule has 1 amide bonds. The molecule has 0 aromatic heterocycles. The van der Waals surface area contributed by atoms with Crippen LogP contribution in [-0.4, -0.2) is 59.9 Å². The second-order valence-corrected chi connectivity index (χ2v) is 9.68. The lowest BCUT2D eigenvalue weighted by Crippen LogP contribution is -2.49. The standard InChI is InChI=1S/C26H31F2N3O/c27-23-7-4-8-24(28)21(23)19-29-11-9-26(10-12-29)17-22(26)25(32)31-15-13-30(14-16-31)18-20-5-2-1-3-6-20/h1-8,22H,9-19H2/t22-/m1/s1. The molecule has 0 radical (unpaired) electrons. The fourth-order valence-corrected chi connectivity index (χ4v) is 5.50. The molecule has 2 heterocycles. The van der Waals surface area contributed by atoms with Gasteiger partial charge in [0.15, 0.2) is 0 Å². The number of rotatable bonds is 5. The molecule has 2 saturated heterocycles. The van der Waals surface area contributed by atoms with E-state index in [9.17, 15) is 13.6 Å². The zero-order valence-corrected chi connectivity index (χ0v) is 18.5. The van der Waals surface area contributed by atoms with Gasteiger partial charge in [0, 0.05) is 50.7 Å². The zero-order chi connectivity index (χ0) is 22.1. The minimum Gasteiger partial charge on any atom is -0.340 e. The summed E-state index contributed by atoms with van der Waals surface area (Å²) in [6.07, 6.45) is 2.85. The molecule has 0 N–H and O–H groups in total. The Morgan fingerprint density at radius 2 is 1.44 bits per heavy atom. The van der Waals surface area contributed by atoms with Gasteiger partial charge < -0.3 is 4.90 Å². The van der Waals surface area contributed by atoms with Gasteiger partial charge in [-0.3, -0.25) is 14.6 Å². The lowest BCUT2D eigenvalue weighted by molar-refractivity contribution is -0.135. The van der Waals surface area contributed by atoms with E-state index in [0.717, 1.165) is 65.1 Å². The lowest BCUT2D eigenvalue weighted by atomic mass is 9.90. The van der Waals surface area contributed by atoms with Gasteiger partial charge in [0.25, 0.3) is 0 Å². The number of halogens is 2. The number of benzene rings is 2. The smallest absolute Gasteiger partial charge is 0.226 e. The molecule has 2 aromatic carbocycles. The summed E-state index contributed by atoms with van der Waals surface area (Å²) < 4.78 is 27.9. The number of piperidine rings is 1. The highest BCUT2D eigenvalue weighted by molar-refractivity contribution is 5.83. The molecular weight excluding hydrogens is 408 g/mol. The molecule has 3 fully saturated rings. The summed E-state index contributed by atoms with van der Waals surface area (Å²) >= 11 is 0. The third-order valence-electron chi connectivity index (χ3n) is 7.72. The first-order valence-electron chi connectivity index (χ1n) is 11.7. The molecule has 4 nitrogen and oxygen atoms in total. The van der Waals surface area contributed by atoms with Gasteiger partial charge >= 0.3 is 0 Å². The summed E-state index contributed by atoms with van der Waals surface area (Å²) in [6.45, 7) is 6.27. The van der Waals surface area contributed by atoms with Crippen molar-refractivity contribution >= 4 is 5.91 Å². The molecule has 3 aliphatic rings. The van der Waals surface area contributed by atoms with Crippen LogP contribution in [0.25, 0.3) is 0 Å². The average Bonchev–Trinajstić information content (AvgIpc) is 3.52. The van der Waals surface area contributed by atoms with Crippen molar-refractivity contribution in [3.05, 3.63) is 71.3 Å². The maximum Gasteiger partial charge on any atom is 0.226 e. The Labute approximate surface area is 188 Å². The summed E-state index contributed by atoms with van der Waals surface area (Å²) in [7, 11) is 0. The monoisotopic (exact) mass is 439 g/mol. The molecular formula is C26H31F2N3O. The quantitative estimate of drug-likeness (QED) is 0.707. The van der Waals surface area contributed by atoms with Crippen molar-refractivity contribution in [2.75, 3.05) is 39.3 Å². The minimum atomic E-state index is -0.476. The van der Waals surface area contributed by atoms with Crippen LogP contribution in [-0.2, 0) is 17.9 Å². The van der Waals surface area contributed by atoms with E-state index in [4.69, 9.17) is 0 Å². The number of piperazine rings is 1. The van der Waals surface area contributed by atoms with E-state index in [1.54, 1.807) is 0 Å². The summed E-state index contributed by atoms with van der Waals surface area (Å²) in [5.74, 6) is -0.499. The van der Waals surface area contributed by atoms with Gasteiger partial charge in [-0.1, -0.05) is 36.4 Å². The Hall–Kier alpha value is -2.31. The Morgan fingerprint density at radius 1 is 0.812 bits per heavy atom. The molecule has 1 atom stereocenters. The van der Waals surface area contributed by atoms with Gasteiger partial charge in [0.1, 0.15) is 11.6 Å². The molecule has 0 unspecified atom stereocenters. The SMILES string of the molecule is O=C([C@H]1CC12CCN(Cc1c(F)cccc1F)CC2)N1CCN(Cc2ccccc2)CC1. The summed E-state index contributed by atoms with van der Waals surface area (Å²) in [5.41, 5.74) is 1.58. The van der Waals surface area contributed by atoms with Crippen molar-refractivity contribution in [2.24, 2.45) is 11.3 Å². The van der Waals surface area contributed by atoms with E-state index in [1.165, 1.54) is 23.8 Å². The molecule has 2 aromatic rings. The molecule has 5 rings (SSSR count). The molecule has 2 aliphatic heterocycles. The van der Waals surface area contributed by atoms with Gasteiger partial charge in [-0.2, -0.15) is 0 Å². The Morgan fingerprint density at radius 3 is 2.09 bits per heavy atom. The van der Waals surface area contributed by atoms with Crippen LogP contribution in [0, 0.1) is 23.0 Å². The third-order valence-corrected chi connectivity index (χ3v) is 7.72. The first-order chi connectivity index (χ1) is 15.5. The van der Waals surface area contributed by atoms with Crippen molar-refractivity contribution in [1.29, 1.82) is 0 Å². The lowest BCUT2D eigenvalue weighted by Gasteiger charge is -2.36. The number of hydrogen-bond acceptors (Lipinski definition) is 3. The highest BCUT2D eigenvalue weighted by Crippen LogP contribution is 2.60. The molecule has 0 bridgehead atoms.